The van der Waals surface area contributed by atoms with E-state index in [0.29, 0.717) is 19.6 Å². The molecule has 1 atom stereocenters. The van der Waals surface area contributed by atoms with Crippen molar-refractivity contribution in [2.24, 2.45) is 11.5 Å². The average Bonchev–Trinajstić information content (AvgIpc) is 1.97. The summed E-state index contributed by atoms with van der Waals surface area (Å²) in [5.74, 6) is -0.399. The van der Waals surface area contributed by atoms with E-state index in [-0.39, 0.29) is 0 Å². The van der Waals surface area contributed by atoms with Gasteiger partial charge in [-0.3, -0.25) is 4.79 Å². The molecule has 1 unspecified atom stereocenters. The predicted octanol–water partition coefficient (Wildman–Crippen LogP) is -0.384. The summed E-state index contributed by atoms with van der Waals surface area (Å²) < 4.78 is 5.14. The maximum absolute atomic E-state index is 10.6. The Morgan fingerprint density at radius 3 is 2.64 bits per heavy atom. The highest BCUT2D eigenvalue weighted by Crippen LogP contribution is 1.96. The quantitative estimate of drug-likeness (QED) is 0.520. The molecule has 66 valence electrons. The molecule has 0 aromatic heterocycles. The van der Waals surface area contributed by atoms with Gasteiger partial charge in [-0.2, -0.15) is 0 Å². The summed E-state index contributed by atoms with van der Waals surface area (Å²) in [5.41, 5.74) is 10.3. The van der Waals surface area contributed by atoms with Gasteiger partial charge in [0.15, 0.2) is 0 Å². The fourth-order valence-electron chi connectivity index (χ4n) is 0.710. The van der Waals surface area contributed by atoms with E-state index in [4.69, 9.17) is 16.2 Å². The number of hydrogen-bond acceptors (Lipinski definition) is 3. The molecule has 0 radical (unpaired) electrons. The maximum atomic E-state index is 10.6. The number of carbonyl (C=O) groups is 1. The lowest BCUT2D eigenvalue weighted by atomic mass is 10.2. The minimum Gasteiger partial charge on any atom is -0.368 e. The van der Waals surface area contributed by atoms with E-state index in [0.717, 1.165) is 6.42 Å². The number of carbonyl (C=O) groups excluding carboxylic acids is 1. The highest BCUT2D eigenvalue weighted by Gasteiger charge is 2.11. The van der Waals surface area contributed by atoms with Crippen LogP contribution in [0.1, 0.15) is 19.8 Å². The van der Waals surface area contributed by atoms with Crippen LogP contribution in [0.3, 0.4) is 0 Å². The lowest BCUT2D eigenvalue weighted by Crippen LogP contribution is -2.31. The van der Waals surface area contributed by atoms with Gasteiger partial charge < -0.3 is 16.2 Å². The predicted molar refractivity (Wildman–Crippen MR) is 42.9 cm³/mol. The Hall–Kier alpha value is -0.610. The largest absolute Gasteiger partial charge is 0.368 e. The Bertz CT molecular complexity index is 117. The van der Waals surface area contributed by atoms with Gasteiger partial charge in [-0.25, -0.2) is 0 Å². The van der Waals surface area contributed by atoms with Gasteiger partial charge in [0.2, 0.25) is 5.91 Å². The summed E-state index contributed by atoms with van der Waals surface area (Å²) in [5, 5.41) is 0. The monoisotopic (exact) mass is 160 g/mol. The lowest BCUT2D eigenvalue weighted by Gasteiger charge is -2.10. The number of primary amides is 1. The Morgan fingerprint density at radius 2 is 2.27 bits per heavy atom. The molecule has 0 aliphatic carbocycles. The Morgan fingerprint density at radius 1 is 1.64 bits per heavy atom. The molecular weight excluding hydrogens is 144 g/mol. The molecule has 0 rings (SSSR count). The van der Waals surface area contributed by atoms with Gasteiger partial charge in [-0.1, -0.05) is 6.92 Å². The van der Waals surface area contributed by atoms with E-state index >= 15 is 0 Å². The summed E-state index contributed by atoms with van der Waals surface area (Å²) in [6, 6.07) is 0. The number of rotatable bonds is 6. The van der Waals surface area contributed by atoms with Crippen LogP contribution >= 0.6 is 0 Å². The fraction of sp³-hybridized carbons (Fsp3) is 0.857. The van der Waals surface area contributed by atoms with E-state index in [1.54, 1.807) is 0 Å². The molecule has 0 aliphatic heterocycles. The van der Waals surface area contributed by atoms with Gasteiger partial charge in [-0.05, 0) is 19.4 Å². The molecule has 4 N–H and O–H groups in total. The summed E-state index contributed by atoms with van der Waals surface area (Å²) >= 11 is 0. The first kappa shape index (κ1) is 10.4. The van der Waals surface area contributed by atoms with Crippen molar-refractivity contribution in [2.75, 3.05) is 13.2 Å². The fourth-order valence-corrected chi connectivity index (χ4v) is 0.710. The van der Waals surface area contributed by atoms with Gasteiger partial charge in [0.25, 0.3) is 0 Å². The zero-order chi connectivity index (χ0) is 8.69. The van der Waals surface area contributed by atoms with Crippen molar-refractivity contribution in [2.45, 2.75) is 25.9 Å². The first-order chi connectivity index (χ1) is 5.22. The van der Waals surface area contributed by atoms with E-state index in [1.807, 2.05) is 6.92 Å². The SMILES string of the molecule is CCC(OCCCN)C(N)=O. The summed E-state index contributed by atoms with van der Waals surface area (Å²) in [6.45, 7) is 2.95. The van der Waals surface area contributed by atoms with Crippen LogP contribution in [-0.2, 0) is 9.53 Å². The van der Waals surface area contributed by atoms with Crippen molar-refractivity contribution in [1.82, 2.24) is 0 Å². The molecule has 0 saturated carbocycles. The van der Waals surface area contributed by atoms with Gasteiger partial charge in [0, 0.05) is 6.61 Å². The van der Waals surface area contributed by atoms with Crippen LogP contribution < -0.4 is 11.5 Å². The van der Waals surface area contributed by atoms with Gasteiger partial charge in [-0.15, -0.1) is 0 Å². The molecule has 0 fully saturated rings. The van der Waals surface area contributed by atoms with E-state index in [1.165, 1.54) is 0 Å². The molecule has 11 heavy (non-hydrogen) atoms. The van der Waals surface area contributed by atoms with Crippen molar-refractivity contribution < 1.29 is 9.53 Å². The van der Waals surface area contributed by atoms with Gasteiger partial charge >= 0.3 is 0 Å². The molecule has 0 saturated heterocycles. The van der Waals surface area contributed by atoms with Crippen LogP contribution in [0.25, 0.3) is 0 Å². The standard InChI is InChI=1S/C7H16N2O2/c1-2-6(7(9)10)11-5-3-4-8/h6H,2-5,8H2,1H3,(H2,9,10). The normalized spacial score (nSPS) is 12.9. The van der Waals surface area contributed by atoms with Crippen LogP contribution in [0.15, 0.2) is 0 Å². The average molecular weight is 160 g/mol. The number of amides is 1. The third-order valence-electron chi connectivity index (χ3n) is 1.36. The molecule has 4 heteroatoms. The number of hydrogen-bond donors (Lipinski definition) is 2. The van der Waals surface area contributed by atoms with Crippen molar-refractivity contribution in [3.63, 3.8) is 0 Å². The number of ether oxygens (including phenoxy) is 1. The van der Waals surface area contributed by atoms with Crippen LogP contribution in [0, 0.1) is 0 Å². The highest BCUT2D eigenvalue weighted by atomic mass is 16.5. The third kappa shape index (κ3) is 4.75. The second kappa shape index (κ2) is 6.12. The first-order valence-electron chi connectivity index (χ1n) is 3.83. The molecule has 0 spiro atoms. The maximum Gasteiger partial charge on any atom is 0.246 e. The second-order valence-corrected chi connectivity index (χ2v) is 2.31. The highest BCUT2D eigenvalue weighted by molar-refractivity contribution is 5.78. The van der Waals surface area contributed by atoms with Crippen molar-refractivity contribution in [3.05, 3.63) is 0 Å². The van der Waals surface area contributed by atoms with Crippen molar-refractivity contribution in [1.29, 1.82) is 0 Å². The molecule has 0 aromatic rings. The van der Waals surface area contributed by atoms with Crippen LogP contribution in [-0.4, -0.2) is 25.2 Å². The van der Waals surface area contributed by atoms with E-state index < -0.39 is 12.0 Å². The topological polar surface area (TPSA) is 78.3 Å². The van der Waals surface area contributed by atoms with Crippen LogP contribution in [0.5, 0.6) is 0 Å². The summed E-state index contributed by atoms with van der Waals surface area (Å²) in [7, 11) is 0. The van der Waals surface area contributed by atoms with Crippen molar-refractivity contribution >= 4 is 5.91 Å². The Kier molecular flexibility index (Phi) is 5.78. The van der Waals surface area contributed by atoms with Crippen LogP contribution in [0.2, 0.25) is 0 Å². The van der Waals surface area contributed by atoms with Crippen molar-refractivity contribution in [3.8, 4) is 0 Å². The zero-order valence-corrected chi connectivity index (χ0v) is 6.88. The van der Waals surface area contributed by atoms with Gasteiger partial charge in [0.05, 0.1) is 0 Å². The molecular formula is C7H16N2O2. The minimum atomic E-state index is -0.443. The Balaban J connectivity index is 3.44. The lowest BCUT2D eigenvalue weighted by molar-refractivity contribution is -0.129. The molecule has 0 heterocycles. The summed E-state index contributed by atoms with van der Waals surface area (Å²) in [6.07, 6.45) is 0.950. The molecule has 0 bridgehead atoms. The smallest absolute Gasteiger partial charge is 0.246 e. The molecule has 4 nitrogen and oxygen atoms in total. The third-order valence-corrected chi connectivity index (χ3v) is 1.36. The van der Waals surface area contributed by atoms with Gasteiger partial charge in [0.1, 0.15) is 6.10 Å². The molecule has 0 aromatic carbocycles. The zero-order valence-electron chi connectivity index (χ0n) is 6.88. The van der Waals surface area contributed by atoms with E-state index in [2.05, 4.69) is 0 Å². The Labute approximate surface area is 66.9 Å². The van der Waals surface area contributed by atoms with Crippen LogP contribution in [0.4, 0.5) is 0 Å². The molecule has 1 amide bonds. The molecule has 0 aliphatic rings. The summed E-state index contributed by atoms with van der Waals surface area (Å²) in [4.78, 5) is 10.6. The second-order valence-electron chi connectivity index (χ2n) is 2.31. The first-order valence-corrected chi connectivity index (χ1v) is 3.83. The minimum absolute atomic E-state index is 0.399. The number of nitrogens with two attached hydrogens (primary N) is 2. The van der Waals surface area contributed by atoms with E-state index in [9.17, 15) is 4.79 Å².